The number of hydrogen-bond donors (Lipinski definition) is 1. The van der Waals surface area contributed by atoms with Crippen LogP contribution in [0.2, 0.25) is 0 Å². The van der Waals surface area contributed by atoms with Crippen molar-refractivity contribution in [2.24, 2.45) is 0 Å². The van der Waals surface area contributed by atoms with Crippen molar-refractivity contribution in [3.63, 3.8) is 0 Å². The van der Waals surface area contributed by atoms with Gasteiger partial charge in [-0.05, 0) is 40.9 Å². The molecule has 2 heterocycles. The van der Waals surface area contributed by atoms with Crippen LogP contribution in [0.3, 0.4) is 0 Å². The predicted octanol–water partition coefficient (Wildman–Crippen LogP) is 4.01. The highest BCUT2D eigenvalue weighted by Crippen LogP contribution is 2.36. The zero-order valence-corrected chi connectivity index (χ0v) is 13.0. The zero-order chi connectivity index (χ0) is 14.1. The van der Waals surface area contributed by atoms with Crippen molar-refractivity contribution in [1.29, 1.82) is 0 Å². The molecular weight excluding hydrogens is 320 g/mol. The molecule has 0 amide bonds. The normalized spacial score (nSPS) is 15.9. The minimum absolute atomic E-state index is 0.133. The molecule has 0 saturated heterocycles. The number of aromatic nitrogens is 2. The standard InChI is InChI=1S/C15H17BrN2O2/c1-2-10-7-8-11(20-10)14-17-13(9-5-3-4-6-9)12(16)15(19)18-14/h7-9H,2-6H2,1H3,(H,17,18,19). The van der Waals surface area contributed by atoms with Gasteiger partial charge in [0.15, 0.2) is 11.6 Å². The first-order valence-electron chi connectivity index (χ1n) is 7.08. The zero-order valence-electron chi connectivity index (χ0n) is 11.4. The highest BCUT2D eigenvalue weighted by Gasteiger charge is 2.23. The minimum atomic E-state index is -0.133. The van der Waals surface area contributed by atoms with Gasteiger partial charge in [-0.2, -0.15) is 0 Å². The fourth-order valence-corrected chi connectivity index (χ4v) is 3.27. The van der Waals surface area contributed by atoms with Crippen LogP contribution in [0.5, 0.6) is 0 Å². The lowest BCUT2D eigenvalue weighted by molar-refractivity contribution is 0.524. The highest BCUT2D eigenvalue weighted by atomic mass is 79.9. The molecule has 0 spiro atoms. The molecule has 1 saturated carbocycles. The SMILES string of the molecule is CCc1ccc(-c2nc(C3CCCC3)c(Br)c(=O)[nH]2)o1. The second kappa shape index (κ2) is 5.56. The Morgan fingerprint density at radius 1 is 1.40 bits per heavy atom. The number of halogens is 1. The lowest BCUT2D eigenvalue weighted by Gasteiger charge is -2.11. The number of nitrogens with one attached hydrogen (secondary N) is 1. The van der Waals surface area contributed by atoms with Gasteiger partial charge in [-0.15, -0.1) is 0 Å². The first kappa shape index (κ1) is 13.6. The molecule has 0 atom stereocenters. The second-order valence-corrected chi connectivity index (χ2v) is 6.01. The van der Waals surface area contributed by atoms with Crippen LogP contribution in [0.15, 0.2) is 25.8 Å². The Kier molecular flexibility index (Phi) is 3.78. The molecule has 0 radical (unpaired) electrons. The molecule has 20 heavy (non-hydrogen) atoms. The van der Waals surface area contributed by atoms with E-state index in [1.165, 1.54) is 12.8 Å². The number of aryl methyl sites for hydroxylation is 1. The summed E-state index contributed by atoms with van der Waals surface area (Å²) in [7, 11) is 0. The van der Waals surface area contributed by atoms with Crippen LogP contribution >= 0.6 is 15.9 Å². The molecule has 3 rings (SSSR count). The Morgan fingerprint density at radius 3 is 2.80 bits per heavy atom. The van der Waals surface area contributed by atoms with E-state index < -0.39 is 0 Å². The van der Waals surface area contributed by atoms with Gasteiger partial charge >= 0.3 is 0 Å². The quantitative estimate of drug-likeness (QED) is 0.920. The van der Waals surface area contributed by atoms with E-state index in [9.17, 15) is 4.79 Å². The third-order valence-electron chi connectivity index (χ3n) is 3.87. The average molecular weight is 337 g/mol. The third kappa shape index (κ3) is 2.46. The van der Waals surface area contributed by atoms with E-state index in [4.69, 9.17) is 4.42 Å². The summed E-state index contributed by atoms with van der Waals surface area (Å²) in [5, 5.41) is 0. The minimum Gasteiger partial charge on any atom is -0.458 e. The summed E-state index contributed by atoms with van der Waals surface area (Å²) in [6.07, 6.45) is 5.46. The van der Waals surface area contributed by atoms with Gasteiger partial charge in [0.2, 0.25) is 0 Å². The van der Waals surface area contributed by atoms with Gasteiger partial charge in [0, 0.05) is 12.3 Å². The number of hydrogen-bond acceptors (Lipinski definition) is 3. The molecule has 1 fully saturated rings. The maximum absolute atomic E-state index is 12.1. The van der Waals surface area contributed by atoms with Gasteiger partial charge in [0.1, 0.15) is 10.2 Å². The van der Waals surface area contributed by atoms with Gasteiger partial charge in [0.05, 0.1) is 5.69 Å². The predicted molar refractivity (Wildman–Crippen MR) is 80.8 cm³/mol. The Balaban J connectivity index is 2.05. The summed E-state index contributed by atoms with van der Waals surface area (Å²) in [4.78, 5) is 19.5. The Bertz CT molecular complexity index is 669. The Hall–Kier alpha value is -1.36. The van der Waals surface area contributed by atoms with E-state index in [0.717, 1.165) is 30.7 Å². The topological polar surface area (TPSA) is 58.9 Å². The number of rotatable bonds is 3. The number of nitrogens with zero attached hydrogens (tertiary/aromatic N) is 1. The molecular formula is C15H17BrN2O2. The van der Waals surface area contributed by atoms with E-state index in [0.29, 0.717) is 22.0 Å². The van der Waals surface area contributed by atoms with E-state index in [-0.39, 0.29) is 5.56 Å². The molecule has 0 aliphatic heterocycles. The van der Waals surface area contributed by atoms with E-state index in [2.05, 4.69) is 25.9 Å². The van der Waals surface area contributed by atoms with Crippen LogP contribution < -0.4 is 5.56 Å². The molecule has 106 valence electrons. The molecule has 0 aromatic carbocycles. The molecule has 0 bridgehead atoms. The molecule has 1 N–H and O–H groups in total. The highest BCUT2D eigenvalue weighted by molar-refractivity contribution is 9.10. The molecule has 2 aromatic rings. The van der Waals surface area contributed by atoms with Crippen LogP contribution in [0, 0.1) is 0 Å². The van der Waals surface area contributed by atoms with Crippen molar-refractivity contribution in [3.8, 4) is 11.6 Å². The Labute approximate surface area is 125 Å². The summed E-state index contributed by atoms with van der Waals surface area (Å²) >= 11 is 3.38. The molecule has 0 unspecified atom stereocenters. The molecule has 5 heteroatoms. The number of H-pyrrole nitrogens is 1. The smallest absolute Gasteiger partial charge is 0.265 e. The fraction of sp³-hybridized carbons (Fsp3) is 0.467. The maximum atomic E-state index is 12.1. The van der Waals surface area contributed by atoms with Crippen LogP contribution in [0.25, 0.3) is 11.6 Å². The molecule has 1 aliphatic rings. The fourth-order valence-electron chi connectivity index (χ4n) is 2.76. The average Bonchev–Trinajstić information content (AvgIpc) is 3.11. The summed E-state index contributed by atoms with van der Waals surface area (Å²) in [6, 6.07) is 3.79. The van der Waals surface area contributed by atoms with Gasteiger partial charge in [-0.25, -0.2) is 4.98 Å². The lowest BCUT2D eigenvalue weighted by atomic mass is 10.0. The van der Waals surface area contributed by atoms with Gasteiger partial charge < -0.3 is 9.40 Å². The third-order valence-corrected chi connectivity index (χ3v) is 4.64. The molecule has 4 nitrogen and oxygen atoms in total. The first-order valence-corrected chi connectivity index (χ1v) is 7.87. The summed E-state index contributed by atoms with van der Waals surface area (Å²) in [5.74, 6) is 2.43. The number of furan rings is 1. The van der Waals surface area contributed by atoms with E-state index in [1.807, 2.05) is 19.1 Å². The van der Waals surface area contributed by atoms with E-state index in [1.54, 1.807) is 0 Å². The van der Waals surface area contributed by atoms with Crippen molar-refractivity contribution >= 4 is 15.9 Å². The summed E-state index contributed by atoms with van der Waals surface area (Å²) < 4.78 is 6.25. The van der Waals surface area contributed by atoms with Gasteiger partial charge in [-0.1, -0.05) is 19.8 Å². The van der Waals surface area contributed by atoms with Crippen molar-refractivity contribution < 1.29 is 4.42 Å². The van der Waals surface area contributed by atoms with Crippen molar-refractivity contribution in [1.82, 2.24) is 9.97 Å². The monoisotopic (exact) mass is 336 g/mol. The second-order valence-electron chi connectivity index (χ2n) is 5.21. The molecule has 1 aliphatic carbocycles. The van der Waals surface area contributed by atoms with Crippen molar-refractivity contribution in [2.45, 2.75) is 44.9 Å². The molecule has 2 aromatic heterocycles. The van der Waals surface area contributed by atoms with Crippen molar-refractivity contribution in [2.75, 3.05) is 0 Å². The lowest BCUT2D eigenvalue weighted by Crippen LogP contribution is -2.15. The summed E-state index contributed by atoms with van der Waals surface area (Å²) in [6.45, 7) is 2.03. The largest absolute Gasteiger partial charge is 0.458 e. The van der Waals surface area contributed by atoms with Crippen LogP contribution in [-0.4, -0.2) is 9.97 Å². The van der Waals surface area contributed by atoms with Crippen LogP contribution in [-0.2, 0) is 6.42 Å². The van der Waals surface area contributed by atoms with Gasteiger partial charge in [0.25, 0.3) is 5.56 Å². The van der Waals surface area contributed by atoms with E-state index >= 15 is 0 Å². The maximum Gasteiger partial charge on any atom is 0.265 e. The Morgan fingerprint density at radius 2 is 2.15 bits per heavy atom. The first-order chi connectivity index (χ1) is 9.69. The van der Waals surface area contributed by atoms with Gasteiger partial charge in [-0.3, -0.25) is 4.79 Å². The van der Waals surface area contributed by atoms with Crippen LogP contribution in [0.4, 0.5) is 0 Å². The van der Waals surface area contributed by atoms with Crippen LogP contribution in [0.1, 0.15) is 50.0 Å². The number of aromatic amines is 1. The van der Waals surface area contributed by atoms with Crippen molar-refractivity contribution in [3.05, 3.63) is 38.4 Å². The summed E-state index contributed by atoms with van der Waals surface area (Å²) in [5.41, 5.74) is 0.738.